The van der Waals surface area contributed by atoms with Crippen LogP contribution in [0.25, 0.3) is 0 Å². The first kappa shape index (κ1) is 10.8. The van der Waals surface area contributed by atoms with Gasteiger partial charge in [0.1, 0.15) is 0 Å². The molecule has 2 rings (SSSR count). The second kappa shape index (κ2) is 4.90. The van der Waals surface area contributed by atoms with Crippen molar-refractivity contribution in [1.29, 1.82) is 0 Å². The minimum Gasteiger partial charge on any atom is -0.383 e. The molecule has 0 saturated carbocycles. The topological polar surface area (TPSA) is 38.0 Å². The fraction of sp³-hybridized carbons (Fsp3) is 0.500. The van der Waals surface area contributed by atoms with Crippen molar-refractivity contribution in [3.05, 3.63) is 23.8 Å². The number of fused-ring (bicyclic) bond motifs is 1. The highest BCUT2D eigenvalue weighted by atomic mass is 32.2. The Labute approximate surface area is 95.6 Å². The summed E-state index contributed by atoms with van der Waals surface area (Å²) in [5, 5.41) is 3.42. The van der Waals surface area contributed by atoms with Crippen LogP contribution in [0, 0.1) is 0 Å². The zero-order valence-corrected chi connectivity index (χ0v) is 9.94. The van der Waals surface area contributed by atoms with E-state index >= 15 is 0 Å². The summed E-state index contributed by atoms with van der Waals surface area (Å²) in [7, 11) is 0. The third-order valence-electron chi connectivity index (χ3n) is 2.85. The summed E-state index contributed by atoms with van der Waals surface area (Å²) in [6, 6.07) is 6.73. The van der Waals surface area contributed by atoms with Gasteiger partial charge in [0.15, 0.2) is 0 Å². The van der Waals surface area contributed by atoms with E-state index in [9.17, 15) is 0 Å². The van der Waals surface area contributed by atoms with Crippen molar-refractivity contribution >= 4 is 17.4 Å². The molecule has 2 nitrogen and oxygen atoms in total. The molecule has 3 heteroatoms. The summed E-state index contributed by atoms with van der Waals surface area (Å²) < 4.78 is 0. The smallest absolute Gasteiger partial charge is 0.0478 e. The van der Waals surface area contributed by atoms with Gasteiger partial charge in [-0.1, -0.05) is 13.0 Å². The third-order valence-corrected chi connectivity index (χ3v) is 3.91. The summed E-state index contributed by atoms with van der Waals surface area (Å²) in [5.41, 5.74) is 8.29. The largest absolute Gasteiger partial charge is 0.383 e. The lowest BCUT2D eigenvalue weighted by atomic mass is 9.97. The molecule has 82 valence electrons. The van der Waals surface area contributed by atoms with Gasteiger partial charge in [-0.3, -0.25) is 0 Å². The van der Waals surface area contributed by atoms with Gasteiger partial charge in [0.05, 0.1) is 0 Å². The molecule has 1 atom stereocenters. The van der Waals surface area contributed by atoms with E-state index in [1.165, 1.54) is 21.9 Å². The lowest BCUT2D eigenvalue weighted by Gasteiger charge is -2.20. The maximum Gasteiger partial charge on any atom is 0.0478 e. The quantitative estimate of drug-likeness (QED) is 0.825. The first-order chi connectivity index (χ1) is 7.31. The first-order valence-electron chi connectivity index (χ1n) is 5.52. The Bertz CT molecular complexity index is 338. The molecule has 3 N–H and O–H groups in total. The molecule has 0 amide bonds. The highest BCUT2D eigenvalue weighted by Gasteiger charge is 2.11. The van der Waals surface area contributed by atoms with Gasteiger partial charge in [-0.25, -0.2) is 0 Å². The summed E-state index contributed by atoms with van der Waals surface area (Å²) in [6.07, 6.45) is 1.07. The van der Waals surface area contributed by atoms with Crippen molar-refractivity contribution < 1.29 is 0 Å². The van der Waals surface area contributed by atoms with Crippen molar-refractivity contribution in [1.82, 2.24) is 0 Å². The first-order valence-corrected chi connectivity index (χ1v) is 6.50. The Morgan fingerprint density at radius 3 is 3.20 bits per heavy atom. The van der Waals surface area contributed by atoms with Crippen LogP contribution in [0.2, 0.25) is 0 Å². The number of rotatable bonds is 3. The molecule has 0 fully saturated rings. The minimum atomic E-state index is 0.572. The number of nitrogens with two attached hydrogens (primary N) is 1. The lowest BCUT2D eigenvalue weighted by molar-refractivity contribution is 0.688. The lowest BCUT2D eigenvalue weighted by Crippen LogP contribution is -2.11. The fourth-order valence-electron chi connectivity index (χ4n) is 1.87. The van der Waals surface area contributed by atoms with Gasteiger partial charge in [-0.15, -0.1) is 11.8 Å². The van der Waals surface area contributed by atoms with E-state index in [4.69, 9.17) is 5.73 Å². The maximum atomic E-state index is 5.59. The molecule has 0 spiro atoms. The second-order valence-corrected chi connectivity index (χ2v) is 5.15. The van der Waals surface area contributed by atoms with Gasteiger partial charge >= 0.3 is 0 Å². The molecule has 1 heterocycles. The molecule has 0 radical (unpaired) electrons. The van der Waals surface area contributed by atoms with E-state index in [-0.39, 0.29) is 0 Å². The van der Waals surface area contributed by atoms with Crippen LogP contribution < -0.4 is 11.1 Å². The van der Waals surface area contributed by atoms with Crippen molar-refractivity contribution in [2.45, 2.75) is 24.2 Å². The average Bonchev–Trinajstić information content (AvgIpc) is 2.29. The number of hydrogen-bond donors (Lipinski definition) is 2. The molecule has 0 bridgehead atoms. The van der Waals surface area contributed by atoms with E-state index in [2.05, 4.69) is 30.4 Å². The number of thioether (sulfide) groups is 1. The van der Waals surface area contributed by atoms with Crippen LogP contribution in [0.15, 0.2) is 23.1 Å². The SMILES string of the molecule is CC(CCN)c1ccc2c(c1)SCCN2. The van der Waals surface area contributed by atoms with Crippen LogP contribution >= 0.6 is 11.8 Å². The number of benzene rings is 1. The highest BCUT2D eigenvalue weighted by Crippen LogP contribution is 2.33. The summed E-state index contributed by atoms with van der Waals surface area (Å²) in [5.74, 6) is 1.74. The van der Waals surface area contributed by atoms with Crippen LogP contribution in [-0.4, -0.2) is 18.8 Å². The second-order valence-electron chi connectivity index (χ2n) is 4.01. The molecule has 1 aromatic rings. The molecule has 0 aromatic heterocycles. The molecule has 1 aliphatic heterocycles. The number of hydrogen-bond acceptors (Lipinski definition) is 3. The van der Waals surface area contributed by atoms with Crippen molar-refractivity contribution in [3.63, 3.8) is 0 Å². The van der Waals surface area contributed by atoms with Crippen LogP contribution in [0.1, 0.15) is 24.8 Å². The third kappa shape index (κ3) is 2.47. The molecular formula is C12H18N2S. The Balaban J connectivity index is 2.20. The van der Waals surface area contributed by atoms with Crippen LogP contribution in [0.5, 0.6) is 0 Å². The Kier molecular flexibility index (Phi) is 3.54. The van der Waals surface area contributed by atoms with E-state index < -0.39 is 0 Å². The van der Waals surface area contributed by atoms with Gasteiger partial charge in [0.2, 0.25) is 0 Å². The number of anilines is 1. The Hall–Kier alpha value is -0.670. The van der Waals surface area contributed by atoms with Crippen molar-refractivity contribution in [2.24, 2.45) is 5.73 Å². The number of nitrogens with one attached hydrogen (secondary N) is 1. The van der Waals surface area contributed by atoms with Crippen LogP contribution in [0.3, 0.4) is 0 Å². The van der Waals surface area contributed by atoms with E-state index in [0.717, 1.165) is 19.5 Å². The van der Waals surface area contributed by atoms with Crippen LogP contribution in [0.4, 0.5) is 5.69 Å². The van der Waals surface area contributed by atoms with E-state index in [1.54, 1.807) is 0 Å². The highest BCUT2D eigenvalue weighted by molar-refractivity contribution is 7.99. The Morgan fingerprint density at radius 1 is 1.53 bits per heavy atom. The average molecular weight is 222 g/mol. The van der Waals surface area contributed by atoms with Crippen molar-refractivity contribution in [2.75, 3.05) is 24.2 Å². The molecule has 1 aliphatic rings. The van der Waals surface area contributed by atoms with Gasteiger partial charge in [0, 0.05) is 22.9 Å². The normalized spacial score (nSPS) is 16.7. The van der Waals surface area contributed by atoms with Crippen LogP contribution in [-0.2, 0) is 0 Å². The zero-order valence-electron chi connectivity index (χ0n) is 9.12. The zero-order chi connectivity index (χ0) is 10.7. The summed E-state index contributed by atoms with van der Waals surface area (Å²) in [4.78, 5) is 1.39. The molecule has 0 aliphatic carbocycles. The van der Waals surface area contributed by atoms with Gasteiger partial charge in [0.25, 0.3) is 0 Å². The van der Waals surface area contributed by atoms with Gasteiger partial charge in [-0.05, 0) is 36.6 Å². The van der Waals surface area contributed by atoms with E-state index in [1.807, 2.05) is 11.8 Å². The standard InChI is InChI=1S/C12H18N2S/c1-9(4-5-13)10-2-3-11-12(8-10)15-7-6-14-11/h2-3,8-9,14H,4-7,13H2,1H3. The van der Waals surface area contributed by atoms with Gasteiger partial charge < -0.3 is 11.1 Å². The monoisotopic (exact) mass is 222 g/mol. The molecule has 1 aromatic carbocycles. The van der Waals surface area contributed by atoms with Crippen molar-refractivity contribution in [3.8, 4) is 0 Å². The molecule has 1 unspecified atom stereocenters. The predicted octanol–water partition coefficient (Wildman–Crippen LogP) is 2.66. The predicted molar refractivity (Wildman–Crippen MR) is 67.7 cm³/mol. The summed E-state index contributed by atoms with van der Waals surface area (Å²) in [6.45, 7) is 4.09. The Morgan fingerprint density at radius 2 is 2.40 bits per heavy atom. The minimum absolute atomic E-state index is 0.572. The maximum absolute atomic E-state index is 5.59. The van der Waals surface area contributed by atoms with E-state index in [0.29, 0.717) is 5.92 Å². The molecule has 15 heavy (non-hydrogen) atoms. The molecule has 0 saturated heterocycles. The fourth-order valence-corrected chi connectivity index (χ4v) is 2.81. The molecular weight excluding hydrogens is 204 g/mol. The summed E-state index contributed by atoms with van der Waals surface area (Å²) >= 11 is 1.94. The van der Waals surface area contributed by atoms with Gasteiger partial charge in [-0.2, -0.15) is 0 Å².